The Kier molecular flexibility index (Phi) is 7.02. The van der Waals surface area contributed by atoms with Crippen LogP contribution in [-0.4, -0.2) is 18.6 Å². The lowest BCUT2D eigenvalue weighted by Crippen LogP contribution is -2.13. The maximum atomic E-state index is 11.0. The number of nitrogens with one attached hydrogen (secondary N) is 1. The van der Waals surface area contributed by atoms with Crippen LogP contribution in [0.3, 0.4) is 0 Å². The summed E-state index contributed by atoms with van der Waals surface area (Å²) in [6.45, 7) is 4.50. The average Bonchev–Trinajstić information content (AvgIpc) is 2.65. The molecule has 0 aliphatic rings. The lowest BCUT2D eigenvalue weighted by atomic mass is 10.2. The molecule has 2 aromatic carbocycles. The summed E-state index contributed by atoms with van der Waals surface area (Å²) in [6, 6.07) is 14.8. The van der Waals surface area contributed by atoms with Crippen molar-refractivity contribution in [3.8, 4) is 5.75 Å². The lowest BCUT2D eigenvalue weighted by Gasteiger charge is -2.15. The maximum absolute atomic E-state index is 11.0. The average molecular weight is 356 g/mol. The van der Waals surface area contributed by atoms with Crippen LogP contribution in [0.15, 0.2) is 60.0 Å². The van der Waals surface area contributed by atoms with Crippen molar-refractivity contribution in [2.24, 2.45) is 0 Å². The van der Waals surface area contributed by atoms with Crippen molar-refractivity contribution >= 4 is 5.69 Å². The standard InChI is InChI=1S/C20H24N2O4/c1-15-19(22(23)24)10-7-11-20(15)25-13-12-18(21-3)16(2)26-14-17-8-5-4-6-9-17/h4-11,21H,12-14H2,1-3H3/b18-16-. The van der Waals surface area contributed by atoms with E-state index >= 15 is 0 Å². The molecule has 2 rings (SSSR count). The molecule has 0 unspecified atom stereocenters. The Labute approximate surface area is 153 Å². The predicted molar refractivity (Wildman–Crippen MR) is 101 cm³/mol. The van der Waals surface area contributed by atoms with Crippen LogP contribution in [0, 0.1) is 17.0 Å². The Morgan fingerprint density at radius 1 is 1.15 bits per heavy atom. The van der Waals surface area contributed by atoms with E-state index in [-0.39, 0.29) is 5.69 Å². The fourth-order valence-electron chi connectivity index (χ4n) is 2.55. The fraction of sp³-hybridized carbons (Fsp3) is 0.300. The topological polar surface area (TPSA) is 73.6 Å². The Balaban J connectivity index is 1.94. The van der Waals surface area contributed by atoms with E-state index in [9.17, 15) is 10.1 Å². The van der Waals surface area contributed by atoms with Gasteiger partial charge in [-0.25, -0.2) is 0 Å². The van der Waals surface area contributed by atoms with Gasteiger partial charge in [0.1, 0.15) is 18.1 Å². The first-order valence-corrected chi connectivity index (χ1v) is 8.44. The van der Waals surface area contributed by atoms with Crippen molar-refractivity contribution < 1.29 is 14.4 Å². The molecule has 0 saturated heterocycles. The van der Waals surface area contributed by atoms with Crippen molar-refractivity contribution in [3.05, 3.63) is 81.2 Å². The summed E-state index contributed by atoms with van der Waals surface area (Å²) >= 11 is 0. The first-order chi connectivity index (χ1) is 12.5. The predicted octanol–water partition coefficient (Wildman–Crippen LogP) is 4.34. The van der Waals surface area contributed by atoms with Gasteiger partial charge in [-0.05, 0) is 25.5 Å². The molecule has 0 heterocycles. The maximum Gasteiger partial charge on any atom is 0.276 e. The summed E-state index contributed by atoms with van der Waals surface area (Å²) < 4.78 is 11.6. The third-order valence-electron chi connectivity index (χ3n) is 4.09. The number of nitro groups is 1. The SMILES string of the molecule is CN/C(CCOc1cccc([N+](=O)[O-])c1C)=C(/C)OCc1ccccc1. The van der Waals surface area contributed by atoms with Crippen LogP contribution in [-0.2, 0) is 11.3 Å². The van der Waals surface area contributed by atoms with Crippen LogP contribution in [0.25, 0.3) is 0 Å². The van der Waals surface area contributed by atoms with Gasteiger partial charge in [-0.2, -0.15) is 0 Å². The second-order valence-corrected chi connectivity index (χ2v) is 5.81. The molecule has 0 aromatic heterocycles. The highest BCUT2D eigenvalue weighted by atomic mass is 16.6. The van der Waals surface area contributed by atoms with Gasteiger partial charge < -0.3 is 14.8 Å². The summed E-state index contributed by atoms with van der Waals surface area (Å²) in [6.07, 6.45) is 0.610. The molecule has 0 aliphatic heterocycles. The van der Waals surface area contributed by atoms with E-state index in [2.05, 4.69) is 5.32 Å². The Hall–Kier alpha value is -3.02. The third-order valence-corrected chi connectivity index (χ3v) is 4.09. The van der Waals surface area contributed by atoms with E-state index < -0.39 is 4.92 Å². The van der Waals surface area contributed by atoms with Crippen molar-refractivity contribution in [1.29, 1.82) is 0 Å². The number of benzene rings is 2. The van der Waals surface area contributed by atoms with E-state index in [4.69, 9.17) is 9.47 Å². The first-order valence-electron chi connectivity index (χ1n) is 8.44. The van der Waals surface area contributed by atoms with Gasteiger partial charge in [0, 0.05) is 19.5 Å². The molecule has 0 atom stereocenters. The van der Waals surface area contributed by atoms with Crippen LogP contribution in [0.2, 0.25) is 0 Å². The normalized spacial score (nSPS) is 11.5. The Morgan fingerprint density at radius 3 is 2.54 bits per heavy atom. The molecule has 1 N–H and O–H groups in total. The quantitative estimate of drug-likeness (QED) is 0.411. The smallest absolute Gasteiger partial charge is 0.276 e. The zero-order valence-corrected chi connectivity index (χ0v) is 15.3. The molecule has 0 aliphatic carbocycles. The van der Waals surface area contributed by atoms with E-state index in [1.165, 1.54) is 6.07 Å². The zero-order valence-electron chi connectivity index (χ0n) is 15.3. The van der Waals surface area contributed by atoms with Gasteiger partial charge in [0.25, 0.3) is 5.69 Å². The van der Waals surface area contributed by atoms with Gasteiger partial charge in [-0.1, -0.05) is 36.4 Å². The van der Waals surface area contributed by atoms with Gasteiger partial charge in [-0.3, -0.25) is 10.1 Å². The monoisotopic (exact) mass is 356 g/mol. The van der Waals surface area contributed by atoms with Crippen LogP contribution >= 0.6 is 0 Å². The molecule has 138 valence electrons. The number of allylic oxidation sites excluding steroid dienone is 1. The Bertz CT molecular complexity index is 773. The first kappa shape index (κ1) is 19.3. The highest BCUT2D eigenvalue weighted by molar-refractivity contribution is 5.48. The number of hydrogen-bond acceptors (Lipinski definition) is 5. The molecule has 6 nitrogen and oxygen atoms in total. The molecular weight excluding hydrogens is 332 g/mol. The molecule has 0 radical (unpaired) electrons. The molecule has 0 amide bonds. The molecule has 26 heavy (non-hydrogen) atoms. The minimum absolute atomic E-state index is 0.0641. The van der Waals surface area contributed by atoms with Crippen LogP contribution in [0.4, 0.5) is 5.69 Å². The largest absolute Gasteiger partial charge is 0.493 e. The van der Waals surface area contributed by atoms with Crippen molar-refractivity contribution in [1.82, 2.24) is 5.32 Å². The summed E-state index contributed by atoms with van der Waals surface area (Å²) in [4.78, 5) is 10.6. The summed E-state index contributed by atoms with van der Waals surface area (Å²) in [5.41, 5.74) is 2.63. The molecule has 2 aromatic rings. The van der Waals surface area contributed by atoms with Crippen LogP contribution in [0.1, 0.15) is 24.5 Å². The molecule has 0 bridgehead atoms. The van der Waals surface area contributed by atoms with E-state index in [0.29, 0.717) is 30.9 Å². The molecule has 0 spiro atoms. The van der Waals surface area contributed by atoms with E-state index in [1.54, 1.807) is 19.1 Å². The van der Waals surface area contributed by atoms with Gasteiger partial charge in [0.05, 0.1) is 22.8 Å². The number of nitrogens with zero attached hydrogens (tertiary/aromatic N) is 1. The molecule has 0 fully saturated rings. The fourth-order valence-corrected chi connectivity index (χ4v) is 2.55. The van der Waals surface area contributed by atoms with Crippen molar-refractivity contribution in [2.75, 3.05) is 13.7 Å². The number of rotatable bonds is 9. The van der Waals surface area contributed by atoms with Crippen molar-refractivity contribution in [2.45, 2.75) is 26.9 Å². The summed E-state index contributed by atoms with van der Waals surface area (Å²) in [5, 5.41) is 14.1. The highest BCUT2D eigenvalue weighted by Gasteiger charge is 2.14. The highest BCUT2D eigenvalue weighted by Crippen LogP contribution is 2.27. The minimum Gasteiger partial charge on any atom is -0.493 e. The second kappa shape index (κ2) is 9.46. The minimum atomic E-state index is -0.400. The Morgan fingerprint density at radius 2 is 1.88 bits per heavy atom. The number of nitro benzene ring substituents is 1. The van der Waals surface area contributed by atoms with E-state index in [1.807, 2.05) is 44.3 Å². The van der Waals surface area contributed by atoms with Crippen molar-refractivity contribution in [3.63, 3.8) is 0 Å². The zero-order chi connectivity index (χ0) is 18.9. The number of hydrogen-bond donors (Lipinski definition) is 1. The molecule has 6 heteroatoms. The van der Waals surface area contributed by atoms with Gasteiger partial charge in [-0.15, -0.1) is 0 Å². The van der Waals surface area contributed by atoms with Gasteiger partial charge >= 0.3 is 0 Å². The summed E-state index contributed by atoms with van der Waals surface area (Å²) in [7, 11) is 1.84. The lowest BCUT2D eigenvalue weighted by molar-refractivity contribution is -0.385. The number of ether oxygens (including phenoxy) is 2. The van der Waals surface area contributed by atoms with Gasteiger partial charge in [0.2, 0.25) is 0 Å². The summed E-state index contributed by atoms with van der Waals surface area (Å²) in [5.74, 6) is 1.33. The second-order valence-electron chi connectivity index (χ2n) is 5.81. The molecule has 0 saturated carbocycles. The third kappa shape index (κ3) is 5.24. The van der Waals surface area contributed by atoms with Crippen LogP contribution < -0.4 is 10.1 Å². The van der Waals surface area contributed by atoms with Gasteiger partial charge in [0.15, 0.2) is 0 Å². The molecular formula is C20H24N2O4. The van der Waals surface area contributed by atoms with E-state index in [0.717, 1.165) is 17.0 Å². The van der Waals surface area contributed by atoms with Crippen LogP contribution in [0.5, 0.6) is 5.75 Å².